The van der Waals surface area contributed by atoms with E-state index in [0.29, 0.717) is 0 Å². The molecule has 3 rings (SSSR count). The first kappa shape index (κ1) is 12.2. The summed E-state index contributed by atoms with van der Waals surface area (Å²) in [5, 5.41) is 8.09. The molecule has 2 heterocycles. The summed E-state index contributed by atoms with van der Waals surface area (Å²) in [6.45, 7) is 4.86. The lowest BCUT2D eigenvalue weighted by Crippen LogP contribution is -2.33. The fourth-order valence-electron chi connectivity index (χ4n) is 2.45. The summed E-state index contributed by atoms with van der Waals surface area (Å²) in [6, 6.07) is 8.69. The molecule has 1 aliphatic heterocycles. The van der Waals surface area contributed by atoms with Crippen molar-refractivity contribution in [3.8, 4) is 0 Å². The number of hydrogen-bond acceptors (Lipinski definition) is 4. The van der Waals surface area contributed by atoms with E-state index in [1.165, 1.54) is 11.3 Å². The van der Waals surface area contributed by atoms with Gasteiger partial charge >= 0.3 is 0 Å². The van der Waals surface area contributed by atoms with Gasteiger partial charge in [-0.1, -0.05) is 19.1 Å². The van der Waals surface area contributed by atoms with Gasteiger partial charge in [0.25, 0.3) is 0 Å². The Labute approximate surface area is 113 Å². The van der Waals surface area contributed by atoms with Crippen LogP contribution in [0, 0.1) is 0 Å². The van der Waals surface area contributed by atoms with Crippen LogP contribution in [-0.4, -0.2) is 21.3 Å². The second kappa shape index (κ2) is 5.01. The number of fused-ring (bicyclic) bond motifs is 1. The smallest absolute Gasteiger partial charge is 0.152 e. The van der Waals surface area contributed by atoms with Crippen molar-refractivity contribution in [1.82, 2.24) is 14.8 Å². The Kier molecular flexibility index (Phi) is 3.21. The molecule has 5 heteroatoms. The number of rotatable bonds is 3. The summed E-state index contributed by atoms with van der Waals surface area (Å²) in [6.07, 6.45) is 2.77. The van der Waals surface area contributed by atoms with Gasteiger partial charge in [0.2, 0.25) is 0 Å². The van der Waals surface area contributed by atoms with E-state index in [2.05, 4.69) is 50.9 Å². The van der Waals surface area contributed by atoms with Crippen LogP contribution in [0.15, 0.2) is 30.6 Å². The molecule has 0 unspecified atom stereocenters. The Bertz CT molecular complexity index is 545. The second-order valence-electron chi connectivity index (χ2n) is 4.97. The molecule has 0 bridgehead atoms. The zero-order valence-corrected chi connectivity index (χ0v) is 11.2. The standard InChI is InChI=1S/C14H19N5/c1-2-13(15)11-3-5-12(6-4-11)18-7-8-19-10-16-17-14(19)9-18/h3-6,10,13H,2,7-9,15H2,1H3/t13-/m1/s1. The Hall–Kier alpha value is -1.88. The van der Waals surface area contributed by atoms with Crippen LogP contribution in [0.25, 0.3) is 0 Å². The molecule has 19 heavy (non-hydrogen) atoms. The first-order valence-electron chi connectivity index (χ1n) is 6.75. The monoisotopic (exact) mass is 257 g/mol. The van der Waals surface area contributed by atoms with E-state index >= 15 is 0 Å². The molecule has 0 aliphatic carbocycles. The van der Waals surface area contributed by atoms with Crippen LogP contribution < -0.4 is 10.6 Å². The lowest BCUT2D eigenvalue weighted by atomic mass is 10.0. The highest BCUT2D eigenvalue weighted by atomic mass is 15.3. The minimum atomic E-state index is 0.138. The number of hydrogen-bond donors (Lipinski definition) is 1. The van der Waals surface area contributed by atoms with E-state index in [0.717, 1.165) is 31.9 Å². The summed E-state index contributed by atoms with van der Waals surface area (Å²) in [7, 11) is 0. The molecule has 1 atom stereocenters. The van der Waals surface area contributed by atoms with Crippen LogP contribution in [0.5, 0.6) is 0 Å². The highest BCUT2D eigenvalue weighted by Crippen LogP contribution is 2.22. The highest BCUT2D eigenvalue weighted by molar-refractivity contribution is 5.48. The maximum atomic E-state index is 6.04. The zero-order valence-electron chi connectivity index (χ0n) is 11.2. The van der Waals surface area contributed by atoms with Crippen molar-refractivity contribution >= 4 is 5.69 Å². The van der Waals surface area contributed by atoms with Gasteiger partial charge in [-0.2, -0.15) is 0 Å². The lowest BCUT2D eigenvalue weighted by Gasteiger charge is -2.29. The van der Waals surface area contributed by atoms with Crippen molar-refractivity contribution in [3.05, 3.63) is 42.0 Å². The number of nitrogens with zero attached hydrogens (tertiary/aromatic N) is 4. The number of benzene rings is 1. The molecular formula is C14H19N5. The van der Waals surface area contributed by atoms with E-state index < -0.39 is 0 Å². The van der Waals surface area contributed by atoms with E-state index in [-0.39, 0.29) is 6.04 Å². The highest BCUT2D eigenvalue weighted by Gasteiger charge is 2.17. The maximum absolute atomic E-state index is 6.04. The van der Waals surface area contributed by atoms with E-state index in [1.54, 1.807) is 6.33 Å². The second-order valence-corrected chi connectivity index (χ2v) is 4.97. The maximum Gasteiger partial charge on any atom is 0.152 e. The number of anilines is 1. The molecule has 2 N–H and O–H groups in total. The van der Waals surface area contributed by atoms with Gasteiger partial charge in [0.1, 0.15) is 6.33 Å². The van der Waals surface area contributed by atoms with Gasteiger partial charge in [-0.15, -0.1) is 10.2 Å². The zero-order chi connectivity index (χ0) is 13.2. The van der Waals surface area contributed by atoms with Crippen LogP contribution >= 0.6 is 0 Å². The molecule has 0 radical (unpaired) electrons. The van der Waals surface area contributed by atoms with Crippen molar-refractivity contribution in [3.63, 3.8) is 0 Å². The normalized spacial score (nSPS) is 16.2. The molecule has 0 amide bonds. The SMILES string of the molecule is CC[C@@H](N)c1ccc(N2CCn3cnnc3C2)cc1. The first-order chi connectivity index (χ1) is 9.28. The Balaban J connectivity index is 1.77. The van der Waals surface area contributed by atoms with Crippen molar-refractivity contribution in [2.45, 2.75) is 32.5 Å². The molecule has 2 aromatic rings. The predicted molar refractivity (Wildman–Crippen MR) is 74.7 cm³/mol. The summed E-state index contributed by atoms with van der Waals surface area (Å²) < 4.78 is 2.11. The van der Waals surface area contributed by atoms with Crippen LogP contribution in [-0.2, 0) is 13.1 Å². The Morgan fingerprint density at radius 3 is 2.79 bits per heavy atom. The molecule has 0 fully saturated rings. The van der Waals surface area contributed by atoms with Gasteiger partial charge < -0.3 is 15.2 Å². The molecule has 1 aromatic heterocycles. The summed E-state index contributed by atoms with van der Waals surface area (Å²) >= 11 is 0. The third kappa shape index (κ3) is 2.33. The van der Waals surface area contributed by atoms with E-state index in [1.807, 2.05) is 0 Å². The minimum absolute atomic E-state index is 0.138. The molecular weight excluding hydrogens is 238 g/mol. The van der Waals surface area contributed by atoms with Gasteiger partial charge in [-0.25, -0.2) is 0 Å². The van der Waals surface area contributed by atoms with E-state index in [9.17, 15) is 0 Å². The fourth-order valence-corrected chi connectivity index (χ4v) is 2.45. The van der Waals surface area contributed by atoms with E-state index in [4.69, 9.17) is 5.73 Å². The average molecular weight is 257 g/mol. The molecule has 0 saturated heterocycles. The van der Waals surface area contributed by atoms with Crippen molar-refractivity contribution < 1.29 is 0 Å². The fraction of sp³-hybridized carbons (Fsp3) is 0.429. The van der Waals surface area contributed by atoms with Gasteiger partial charge in [0.15, 0.2) is 5.82 Å². The van der Waals surface area contributed by atoms with Crippen molar-refractivity contribution in [1.29, 1.82) is 0 Å². The van der Waals surface area contributed by atoms with Gasteiger partial charge in [0.05, 0.1) is 6.54 Å². The van der Waals surface area contributed by atoms with Crippen molar-refractivity contribution in [2.24, 2.45) is 5.73 Å². The predicted octanol–water partition coefficient (Wildman–Crippen LogP) is 1.71. The largest absolute Gasteiger partial charge is 0.362 e. The number of aromatic nitrogens is 3. The average Bonchev–Trinajstić information content (AvgIpc) is 2.94. The van der Waals surface area contributed by atoms with Crippen LogP contribution in [0.1, 0.15) is 30.8 Å². The first-order valence-corrected chi connectivity index (χ1v) is 6.75. The number of nitrogens with two attached hydrogens (primary N) is 1. The van der Waals surface area contributed by atoms with Crippen LogP contribution in [0.3, 0.4) is 0 Å². The molecule has 1 aromatic carbocycles. The minimum Gasteiger partial charge on any atom is -0.362 e. The quantitative estimate of drug-likeness (QED) is 0.909. The molecule has 5 nitrogen and oxygen atoms in total. The molecule has 1 aliphatic rings. The summed E-state index contributed by atoms with van der Waals surface area (Å²) in [5.41, 5.74) is 8.46. The van der Waals surface area contributed by atoms with Gasteiger partial charge in [-0.05, 0) is 24.1 Å². The van der Waals surface area contributed by atoms with Gasteiger partial charge in [-0.3, -0.25) is 0 Å². The molecule has 0 saturated carbocycles. The summed E-state index contributed by atoms with van der Waals surface area (Å²) in [4.78, 5) is 2.32. The lowest BCUT2D eigenvalue weighted by molar-refractivity contribution is 0.560. The molecule has 100 valence electrons. The topological polar surface area (TPSA) is 60.0 Å². The van der Waals surface area contributed by atoms with Gasteiger partial charge in [0, 0.05) is 24.8 Å². The van der Waals surface area contributed by atoms with Crippen LogP contribution in [0.4, 0.5) is 5.69 Å². The van der Waals surface area contributed by atoms with Crippen molar-refractivity contribution in [2.75, 3.05) is 11.4 Å². The Morgan fingerprint density at radius 2 is 2.05 bits per heavy atom. The third-order valence-electron chi connectivity index (χ3n) is 3.77. The summed E-state index contributed by atoms with van der Waals surface area (Å²) in [5.74, 6) is 1.03. The van der Waals surface area contributed by atoms with Crippen LogP contribution in [0.2, 0.25) is 0 Å². The third-order valence-corrected chi connectivity index (χ3v) is 3.77. The Morgan fingerprint density at radius 1 is 1.26 bits per heavy atom. The molecule has 0 spiro atoms.